The first kappa shape index (κ1) is 14.8. The first-order chi connectivity index (χ1) is 7.68. The molecule has 0 aliphatic heterocycles. The summed E-state index contributed by atoms with van der Waals surface area (Å²) in [6, 6.07) is 6.40. The van der Waals surface area contributed by atoms with E-state index < -0.39 is 0 Å². The number of rotatable bonds is 2. The van der Waals surface area contributed by atoms with Crippen LogP contribution in [0.25, 0.3) is 0 Å². The molecule has 2 rings (SSSR count). The van der Waals surface area contributed by atoms with Crippen molar-refractivity contribution in [2.75, 3.05) is 0 Å². The molecule has 0 heterocycles. The molecule has 0 spiro atoms. The predicted molar refractivity (Wildman–Crippen MR) is 76.9 cm³/mol. The second kappa shape index (κ2) is 6.63. The molecule has 1 aliphatic rings. The van der Waals surface area contributed by atoms with Crippen molar-refractivity contribution in [1.82, 2.24) is 0 Å². The van der Waals surface area contributed by atoms with Gasteiger partial charge in [-0.05, 0) is 42.9 Å². The van der Waals surface area contributed by atoms with Crippen molar-refractivity contribution in [3.63, 3.8) is 0 Å². The topological polar surface area (TPSA) is 26.0 Å². The highest BCUT2D eigenvalue weighted by Crippen LogP contribution is 2.33. The molecule has 1 aliphatic carbocycles. The predicted octanol–water partition coefficient (Wildman–Crippen LogP) is 4.65. The summed E-state index contributed by atoms with van der Waals surface area (Å²) in [5, 5.41) is 0.837. The van der Waals surface area contributed by atoms with Gasteiger partial charge in [0.05, 0.1) is 0 Å². The molecule has 0 bridgehead atoms. The third-order valence-corrected chi connectivity index (χ3v) is 4.15. The van der Waals surface area contributed by atoms with Gasteiger partial charge >= 0.3 is 0 Å². The quantitative estimate of drug-likeness (QED) is 0.834. The number of nitrogens with two attached hydrogens (primary N) is 1. The van der Waals surface area contributed by atoms with Crippen LogP contribution in [0.3, 0.4) is 0 Å². The summed E-state index contributed by atoms with van der Waals surface area (Å²) in [4.78, 5) is 0. The molecule has 0 amide bonds. The van der Waals surface area contributed by atoms with E-state index in [1.54, 1.807) is 0 Å². The van der Waals surface area contributed by atoms with Gasteiger partial charge in [-0.3, -0.25) is 0 Å². The molecule has 0 radical (unpaired) electrons. The lowest BCUT2D eigenvalue weighted by molar-refractivity contribution is 0.308. The molecular weight excluding hydrogens is 253 g/mol. The van der Waals surface area contributed by atoms with Crippen molar-refractivity contribution < 1.29 is 0 Å². The molecule has 0 unspecified atom stereocenters. The average Bonchev–Trinajstić information content (AvgIpc) is 2.33. The van der Waals surface area contributed by atoms with Crippen LogP contribution in [0, 0.1) is 12.8 Å². The van der Waals surface area contributed by atoms with Gasteiger partial charge in [0.1, 0.15) is 0 Å². The maximum absolute atomic E-state index is 6.33. The Morgan fingerprint density at radius 1 is 1.24 bits per heavy atom. The highest BCUT2D eigenvalue weighted by molar-refractivity contribution is 6.31. The zero-order valence-electron chi connectivity index (χ0n) is 10.3. The molecule has 2 N–H and O–H groups in total. The van der Waals surface area contributed by atoms with Crippen molar-refractivity contribution in [3.8, 4) is 0 Å². The van der Waals surface area contributed by atoms with E-state index in [0.29, 0.717) is 5.92 Å². The van der Waals surface area contributed by atoms with Gasteiger partial charge in [-0.2, -0.15) is 0 Å². The Kier molecular flexibility index (Phi) is 5.78. The minimum Gasteiger partial charge on any atom is -0.324 e. The lowest BCUT2D eigenvalue weighted by Gasteiger charge is -2.28. The lowest BCUT2D eigenvalue weighted by atomic mass is 9.81. The molecule has 1 saturated carbocycles. The molecule has 1 aromatic rings. The number of benzene rings is 1. The maximum Gasteiger partial charge on any atom is 0.0438 e. The largest absolute Gasteiger partial charge is 0.324 e. The van der Waals surface area contributed by atoms with Crippen LogP contribution in [0.15, 0.2) is 18.2 Å². The number of hydrogen-bond donors (Lipinski definition) is 1. The smallest absolute Gasteiger partial charge is 0.0438 e. The first-order valence-electron chi connectivity index (χ1n) is 6.20. The highest BCUT2D eigenvalue weighted by atomic mass is 35.5. The standard InChI is InChI=1S/C14H20ClN.ClH/c1-10-7-8-12(9-13(10)15)14(16)11-5-3-2-4-6-11;/h7-9,11,14H,2-6,16H2,1H3;1H/t14-;/m1./s1. The molecule has 1 nitrogen and oxygen atoms in total. The van der Waals surface area contributed by atoms with Crippen molar-refractivity contribution in [1.29, 1.82) is 0 Å². The van der Waals surface area contributed by atoms with Crippen molar-refractivity contribution in [3.05, 3.63) is 34.3 Å². The summed E-state index contributed by atoms with van der Waals surface area (Å²) < 4.78 is 0. The highest BCUT2D eigenvalue weighted by Gasteiger charge is 2.21. The fourth-order valence-electron chi connectivity index (χ4n) is 2.58. The Morgan fingerprint density at radius 2 is 1.88 bits per heavy atom. The minimum absolute atomic E-state index is 0. The SMILES string of the molecule is Cc1ccc([C@H](N)C2CCCCC2)cc1Cl.Cl. The second-order valence-electron chi connectivity index (χ2n) is 4.93. The number of aryl methyl sites for hydroxylation is 1. The fourth-order valence-corrected chi connectivity index (χ4v) is 2.77. The van der Waals surface area contributed by atoms with Crippen LogP contribution in [0.1, 0.15) is 49.3 Å². The molecule has 17 heavy (non-hydrogen) atoms. The molecule has 0 saturated heterocycles. The van der Waals surface area contributed by atoms with Crippen molar-refractivity contribution in [2.24, 2.45) is 11.7 Å². The van der Waals surface area contributed by atoms with Crippen molar-refractivity contribution in [2.45, 2.75) is 45.1 Å². The van der Waals surface area contributed by atoms with Crippen LogP contribution in [-0.4, -0.2) is 0 Å². The van der Waals surface area contributed by atoms with Crippen LogP contribution in [0.2, 0.25) is 5.02 Å². The molecule has 3 heteroatoms. The fraction of sp³-hybridized carbons (Fsp3) is 0.571. The van der Waals surface area contributed by atoms with E-state index in [1.807, 2.05) is 13.0 Å². The lowest BCUT2D eigenvalue weighted by Crippen LogP contribution is -2.23. The van der Waals surface area contributed by atoms with Gasteiger partial charge < -0.3 is 5.73 Å². The summed E-state index contributed by atoms with van der Waals surface area (Å²) in [6.45, 7) is 2.03. The molecule has 0 aromatic heterocycles. The average molecular weight is 274 g/mol. The molecule has 1 fully saturated rings. The Morgan fingerprint density at radius 3 is 2.47 bits per heavy atom. The summed E-state index contributed by atoms with van der Waals surface area (Å²) >= 11 is 6.14. The summed E-state index contributed by atoms with van der Waals surface area (Å²) in [6.07, 6.45) is 6.58. The van der Waals surface area contributed by atoms with Gasteiger partial charge in [0, 0.05) is 11.1 Å². The Balaban J connectivity index is 0.00000144. The minimum atomic E-state index is 0. The van der Waals surface area contributed by atoms with E-state index in [4.69, 9.17) is 17.3 Å². The van der Waals surface area contributed by atoms with Crippen LogP contribution in [-0.2, 0) is 0 Å². The van der Waals surface area contributed by atoms with Crippen LogP contribution in [0.5, 0.6) is 0 Å². The van der Waals surface area contributed by atoms with E-state index in [-0.39, 0.29) is 18.4 Å². The summed E-state index contributed by atoms with van der Waals surface area (Å²) in [7, 11) is 0. The molecular formula is C14H21Cl2N. The van der Waals surface area contributed by atoms with E-state index in [0.717, 1.165) is 10.6 Å². The van der Waals surface area contributed by atoms with E-state index in [1.165, 1.54) is 37.7 Å². The van der Waals surface area contributed by atoms with E-state index in [9.17, 15) is 0 Å². The Hall–Kier alpha value is -0.240. The van der Waals surface area contributed by atoms with E-state index >= 15 is 0 Å². The monoisotopic (exact) mass is 273 g/mol. The van der Waals surface area contributed by atoms with Gasteiger partial charge in [0.2, 0.25) is 0 Å². The summed E-state index contributed by atoms with van der Waals surface area (Å²) in [5.41, 5.74) is 8.65. The van der Waals surface area contributed by atoms with Gasteiger partial charge in [-0.25, -0.2) is 0 Å². The molecule has 96 valence electrons. The van der Waals surface area contributed by atoms with Crippen LogP contribution >= 0.6 is 24.0 Å². The van der Waals surface area contributed by atoms with Crippen LogP contribution < -0.4 is 5.73 Å². The van der Waals surface area contributed by atoms with E-state index in [2.05, 4.69) is 12.1 Å². The normalized spacial score (nSPS) is 18.5. The Labute approximate surface area is 115 Å². The summed E-state index contributed by atoms with van der Waals surface area (Å²) in [5.74, 6) is 0.646. The number of hydrogen-bond acceptors (Lipinski definition) is 1. The van der Waals surface area contributed by atoms with Gasteiger partial charge in [0.25, 0.3) is 0 Å². The maximum atomic E-state index is 6.33. The second-order valence-corrected chi connectivity index (χ2v) is 5.34. The zero-order valence-corrected chi connectivity index (χ0v) is 11.9. The Bertz CT molecular complexity index is 359. The zero-order chi connectivity index (χ0) is 11.5. The van der Waals surface area contributed by atoms with Crippen LogP contribution in [0.4, 0.5) is 0 Å². The van der Waals surface area contributed by atoms with Gasteiger partial charge in [-0.1, -0.05) is 43.0 Å². The molecule has 1 aromatic carbocycles. The van der Waals surface area contributed by atoms with Gasteiger partial charge in [0.15, 0.2) is 0 Å². The first-order valence-corrected chi connectivity index (χ1v) is 6.58. The van der Waals surface area contributed by atoms with Crippen molar-refractivity contribution >= 4 is 24.0 Å². The third-order valence-electron chi connectivity index (χ3n) is 3.74. The molecule has 1 atom stereocenters. The third kappa shape index (κ3) is 3.61. The van der Waals surface area contributed by atoms with Gasteiger partial charge in [-0.15, -0.1) is 12.4 Å². The number of halogens is 2.